The number of nitrogens with one attached hydrogen (secondary N) is 2. The lowest BCUT2D eigenvalue weighted by molar-refractivity contribution is 0.691. The lowest BCUT2D eigenvalue weighted by atomic mass is 10.5. The molecular formula is C3H6N4. The molecule has 0 saturated carbocycles. The molecule has 0 aromatic heterocycles. The molecule has 38 valence electrons. The second-order valence-electron chi connectivity index (χ2n) is 1.21. The van der Waals surface area contributed by atoms with Crippen LogP contribution in [-0.2, 0) is 0 Å². The highest BCUT2D eigenvalue weighted by Crippen LogP contribution is 1.85. The van der Waals surface area contributed by atoms with Gasteiger partial charge in [-0.3, -0.25) is 5.43 Å². The molecule has 0 atom stereocenters. The number of amidine groups is 1. The summed E-state index contributed by atoms with van der Waals surface area (Å²) >= 11 is 0. The molecule has 0 spiro atoms. The standard InChI is InChI=1S/C3H6N4/c1-2-3(4)6-7-5-2/h5,7H,1H2,(H2,4,6). The Balaban J connectivity index is 2.72. The quantitative estimate of drug-likeness (QED) is 0.359. The van der Waals surface area contributed by atoms with Crippen LogP contribution in [-0.4, -0.2) is 5.84 Å². The zero-order chi connectivity index (χ0) is 5.28. The second-order valence-corrected chi connectivity index (χ2v) is 1.21. The summed E-state index contributed by atoms with van der Waals surface area (Å²) in [7, 11) is 0. The third kappa shape index (κ3) is 0.489. The number of hydrazine groups is 1. The number of nitrogens with zero attached hydrogens (tertiary/aromatic N) is 1. The Bertz CT molecular complexity index is 125. The first-order valence-corrected chi connectivity index (χ1v) is 1.84. The van der Waals surface area contributed by atoms with Crippen molar-refractivity contribution in [3.63, 3.8) is 0 Å². The van der Waals surface area contributed by atoms with E-state index in [0.29, 0.717) is 11.5 Å². The number of rotatable bonds is 0. The summed E-state index contributed by atoms with van der Waals surface area (Å²) in [6.07, 6.45) is 0. The van der Waals surface area contributed by atoms with Gasteiger partial charge in [-0.15, -0.1) is 5.10 Å². The molecule has 0 aromatic rings. The highest BCUT2D eigenvalue weighted by Gasteiger charge is 2.02. The second kappa shape index (κ2) is 1.14. The van der Waals surface area contributed by atoms with Gasteiger partial charge in [0.15, 0.2) is 5.84 Å². The molecule has 0 aromatic carbocycles. The fourth-order valence-electron chi connectivity index (χ4n) is 0.287. The minimum atomic E-state index is 0.417. The Morgan fingerprint density at radius 3 is 2.57 bits per heavy atom. The van der Waals surface area contributed by atoms with Crippen LogP contribution in [0.1, 0.15) is 0 Å². The highest BCUT2D eigenvalue weighted by molar-refractivity contribution is 5.96. The Labute approximate surface area is 41.0 Å². The van der Waals surface area contributed by atoms with Crippen molar-refractivity contribution in [1.29, 1.82) is 0 Å². The molecule has 4 N–H and O–H groups in total. The van der Waals surface area contributed by atoms with Crippen LogP contribution in [0.25, 0.3) is 0 Å². The smallest absolute Gasteiger partial charge is 0.169 e. The van der Waals surface area contributed by atoms with Gasteiger partial charge in [0.05, 0.1) is 5.70 Å². The van der Waals surface area contributed by atoms with Gasteiger partial charge in [-0.2, -0.15) is 0 Å². The van der Waals surface area contributed by atoms with Crippen LogP contribution >= 0.6 is 0 Å². The average molecular weight is 98.1 g/mol. The Hall–Kier alpha value is -1.19. The molecule has 7 heavy (non-hydrogen) atoms. The molecule has 0 unspecified atom stereocenters. The molecule has 0 radical (unpaired) electrons. The van der Waals surface area contributed by atoms with Gasteiger partial charge < -0.3 is 5.73 Å². The summed E-state index contributed by atoms with van der Waals surface area (Å²) in [5.74, 6) is 0.417. The van der Waals surface area contributed by atoms with E-state index in [9.17, 15) is 0 Å². The Morgan fingerprint density at radius 2 is 2.43 bits per heavy atom. The van der Waals surface area contributed by atoms with Gasteiger partial charge in [0.25, 0.3) is 0 Å². The van der Waals surface area contributed by atoms with Crippen LogP contribution in [0.4, 0.5) is 0 Å². The van der Waals surface area contributed by atoms with E-state index in [1.54, 1.807) is 0 Å². The normalized spacial score (nSPS) is 17.7. The van der Waals surface area contributed by atoms with Crippen molar-refractivity contribution < 1.29 is 0 Å². The molecule has 1 aliphatic rings. The van der Waals surface area contributed by atoms with E-state index in [1.807, 2.05) is 0 Å². The molecule has 0 aliphatic carbocycles. The summed E-state index contributed by atoms with van der Waals surface area (Å²) in [5.41, 5.74) is 10.9. The van der Waals surface area contributed by atoms with Crippen LogP contribution in [0.2, 0.25) is 0 Å². The maximum absolute atomic E-state index is 5.20. The van der Waals surface area contributed by atoms with Gasteiger partial charge >= 0.3 is 0 Å². The predicted octanol–water partition coefficient (Wildman–Crippen LogP) is -1.12. The molecule has 4 heteroatoms. The van der Waals surface area contributed by atoms with E-state index >= 15 is 0 Å². The molecule has 1 heterocycles. The zero-order valence-corrected chi connectivity index (χ0v) is 3.73. The monoisotopic (exact) mass is 98.1 g/mol. The predicted molar refractivity (Wildman–Crippen MR) is 27.0 cm³/mol. The van der Waals surface area contributed by atoms with Crippen LogP contribution in [0, 0.1) is 0 Å². The number of hydrogen-bond donors (Lipinski definition) is 3. The highest BCUT2D eigenvalue weighted by atomic mass is 15.6. The summed E-state index contributed by atoms with van der Waals surface area (Å²) in [6.45, 7) is 3.51. The van der Waals surface area contributed by atoms with E-state index < -0.39 is 0 Å². The molecule has 1 rings (SSSR count). The first-order chi connectivity index (χ1) is 3.30. The number of hydrazone groups is 1. The van der Waals surface area contributed by atoms with E-state index in [2.05, 4.69) is 22.6 Å². The van der Waals surface area contributed by atoms with Crippen molar-refractivity contribution >= 4 is 5.84 Å². The Kier molecular flexibility index (Phi) is 0.651. The zero-order valence-electron chi connectivity index (χ0n) is 3.73. The molecular weight excluding hydrogens is 92.1 g/mol. The van der Waals surface area contributed by atoms with Gasteiger partial charge in [-0.25, -0.2) is 5.53 Å². The molecule has 4 nitrogen and oxygen atoms in total. The molecule has 0 fully saturated rings. The largest absolute Gasteiger partial charge is 0.380 e. The summed E-state index contributed by atoms with van der Waals surface area (Å²) in [6, 6.07) is 0. The van der Waals surface area contributed by atoms with Gasteiger partial charge in [0.2, 0.25) is 0 Å². The van der Waals surface area contributed by atoms with Crippen molar-refractivity contribution in [3.8, 4) is 0 Å². The van der Waals surface area contributed by atoms with E-state index in [0.717, 1.165) is 0 Å². The molecule has 0 amide bonds. The van der Waals surface area contributed by atoms with Crippen LogP contribution in [0.3, 0.4) is 0 Å². The minimum Gasteiger partial charge on any atom is -0.380 e. The van der Waals surface area contributed by atoms with Gasteiger partial charge in [-0.1, -0.05) is 6.58 Å². The molecule has 0 bridgehead atoms. The van der Waals surface area contributed by atoms with Crippen molar-refractivity contribution in [2.45, 2.75) is 0 Å². The maximum Gasteiger partial charge on any atom is 0.169 e. The van der Waals surface area contributed by atoms with Gasteiger partial charge in [0, 0.05) is 0 Å². The van der Waals surface area contributed by atoms with E-state index in [4.69, 9.17) is 5.73 Å². The fraction of sp³-hybridized carbons (Fsp3) is 0. The SMILES string of the molecule is C=C1NNN=C1N. The number of hydrogen-bond acceptors (Lipinski definition) is 4. The van der Waals surface area contributed by atoms with Crippen LogP contribution in [0.5, 0.6) is 0 Å². The first kappa shape index (κ1) is 3.98. The lowest BCUT2D eigenvalue weighted by Gasteiger charge is -1.89. The molecule has 0 saturated heterocycles. The van der Waals surface area contributed by atoms with E-state index in [-0.39, 0.29) is 0 Å². The van der Waals surface area contributed by atoms with E-state index in [1.165, 1.54) is 0 Å². The van der Waals surface area contributed by atoms with Crippen molar-refractivity contribution in [2.24, 2.45) is 10.8 Å². The fourth-order valence-corrected chi connectivity index (χ4v) is 0.287. The van der Waals surface area contributed by atoms with Crippen LogP contribution < -0.4 is 16.7 Å². The van der Waals surface area contributed by atoms with Gasteiger partial charge in [-0.05, 0) is 0 Å². The first-order valence-electron chi connectivity index (χ1n) is 1.84. The molecule has 1 aliphatic heterocycles. The Morgan fingerprint density at radius 1 is 1.71 bits per heavy atom. The minimum absolute atomic E-state index is 0.417. The van der Waals surface area contributed by atoms with Crippen molar-refractivity contribution in [2.75, 3.05) is 0 Å². The van der Waals surface area contributed by atoms with Crippen molar-refractivity contribution in [3.05, 3.63) is 12.3 Å². The third-order valence-electron chi connectivity index (χ3n) is 0.692. The maximum atomic E-state index is 5.20. The van der Waals surface area contributed by atoms with Gasteiger partial charge in [0.1, 0.15) is 0 Å². The summed E-state index contributed by atoms with van der Waals surface area (Å²) < 4.78 is 0. The summed E-state index contributed by atoms with van der Waals surface area (Å²) in [5, 5.41) is 3.55. The van der Waals surface area contributed by atoms with Crippen LogP contribution in [0.15, 0.2) is 17.4 Å². The summed E-state index contributed by atoms with van der Waals surface area (Å²) in [4.78, 5) is 0. The lowest BCUT2D eigenvalue weighted by Crippen LogP contribution is -2.21. The third-order valence-corrected chi connectivity index (χ3v) is 0.692. The average Bonchev–Trinajstić information content (AvgIpc) is 1.91. The topological polar surface area (TPSA) is 62.4 Å². The number of nitrogens with two attached hydrogens (primary N) is 1. The van der Waals surface area contributed by atoms with Crippen molar-refractivity contribution in [1.82, 2.24) is 11.0 Å².